The van der Waals surface area contributed by atoms with E-state index in [-0.39, 0.29) is 16.7 Å². The van der Waals surface area contributed by atoms with E-state index in [0.29, 0.717) is 16.8 Å². The Morgan fingerprint density at radius 2 is 1.50 bits per heavy atom. The van der Waals surface area contributed by atoms with Gasteiger partial charge in [-0.05, 0) is 47.7 Å². The highest BCUT2D eigenvalue weighted by Crippen LogP contribution is 2.42. The molecular weight excluding hydrogens is 400 g/mol. The van der Waals surface area contributed by atoms with E-state index < -0.39 is 17.7 Å². The molecule has 1 aromatic heterocycles. The number of nitrogens with zero attached hydrogens (tertiary/aromatic N) is 2. The molecule has 32 heavy (non-hydrogen) atoms. The van der Waals surface area contributed by atoms with Gasteiger partial charge in [-0.15, -0.1) is 0 Å². The van der Waals surface area contributed by atoms with Crippen LogP contribution in [0.1, 0.15) is 49.1 Å². The van der Waals surface area contributed by atoms with Crippen LogP contribution in [0.5, 0.6) is 0 Å². The summed E-state index contributed by atoms with van der Waals surface area (Å²) in [4.78, 5) is 31.9. The van der Waals surface area contributed by atoms with Crippen LogP contribution in [0.4, 0.5) is 5.69 Å². The van der Waals surface area contributed by atoms with Gasteiger partial charge in [-0.25, -0.2) is 0 Å². The first-order valence-electron chi connectivity index (χ1n) is 10.6. The number of ketones is 1. The number of anilines is 1. The van der Waals surface area contributed by atoms with E-state index in [1.165, 1.54) is 4.90 Å². The van der Waals surface area contributed by atoms with Crippen LogP contribution in [-0.4, -0.2) is 21.8 Å². The van der Waals surface area contributed by atoms with E-state index in [9.17, 15) is 14.7 Å². The van der Waals surface area contributed by atoms with Crippen LogP contribution in [-0.2, 0) is 15.0 Å². The maximum atomic E-state index is 13.2. The Hall–Kier alpha value is -3.73. The number of aliphatic hydroxyl groups is 1. The van der Waals surface area contributed by atoms with Gasteiger partial charge in [0.2, 0.25) is 0 Å². The Bertz CT molecular complexity index is 1190. The van der Waals surface area contributed by atoms with Crippen molar-refractivity contribution in [1.82, 2.24) is 4.98 Å². The highest BCUT2D eigenvalue weighted by Gasteiger charge is 2.47. The molecule has 5 nitrogen and oxygen atoms in total. The number of pyridine rings is 1. The first kappa shape index (κ1) is 21.5. The molecular formula is C27H26N2O3. The van der Waals surface area contributed by atoms with Gasteiger partial charge in [0.05, 0.1) is 11.6 Å². The van der Waals surface area contributed by atoms with E-state index in [4.69, 9.17) is 0 Å². The summed E-state index contributed by atoms with van der Waals surface area (Å²) in [6.07, 6.45) is 3.23. The number of aromatic nitrogens is 1. The van der Waals surface area contributed by atoms with Crippen molar-refractivity contribution in [3.05, 3.63) is 101 Å². The monoisotopic (exact) mass is 426 g/mol. The molecule has 162 valence electrons. The summed E-state index contributed by atoms with van der Waals surface area (Å²) < 4.78 is 0. The van der Waals surface area contributed by atoms with Crippen LogP contribution in [0.25, 0.3) is 5.76 Å². The number of hydrogen-bond donors (Lipinski definition) is 1. The number of aliphatic hydroxyl groups excluding tert-OH is 1. The molecule has 0 bridgehead atoms. The summed E-state index contributed by atoms with van der Waals surface area (Å²) in [5.41, 5.74) is 3.99. The van der Waals surface area contributed by atoms with Gasteiger partial charge in [-0.1, -0.05) is 62.7 Å². The van der Waals surface area contributed by atoms with Crippen molar-refractivity contribution in [3.63, 3.8) is 0 Å². The molecule has 1 atom stereocenters. The highest BCUT2D eigenvalue weighted by atomic mass is 16.3. The molecule has 0 radical (unpaired) electrons. The average Bonchev–Trinajstić information content (AvgIpc) is 3.04. The van der Waals surface area contributed by atoms with E-state index in [2.05, 4.69) is 25.8 Å². The summed E-state index contributed by atoms with van der Waals surface area (Å²) in [5, 5.41) is 11.1. The Labute approximate surface area is 188 Å². The maximum Gasteiger partial charge on any atom is 0.300 e. The van der Waals surface area contributed by atoms with Crippen molar-refractivity contribution in [2.45, 2.75) is 39.2 Å². The number of carbonyl (C=O) groups excluding carboxylic acids is 2. The number of carbonyl (C=O) groups is 2. The molecule has 1 amide bonds. The van der Waals surface area contributed by atoms with E-state index in [1.807, 2.05) is 43.3 Å². The fourth-order valence-electron chi connectivity index (χ4n) is 3.95. The molecule has 3 aromatic rings. The average molecular weight is 427 g/mol. The van der Waals surface area contributed by atoms with Gasteiger partial charge in [0.1, 0.15) is 5.76 Å². The molecule has 1 unspecified atom stereocenters. The Balaban J connectivity index is 1.88. The quantitative estimate of drug-likeness (QED) is 0.350. The molecule has 1 saturated heterocycles. The smallest absolute Gasteiger partial charge is 0.300 e. The number of benzene rings is 2. The van der Waals surface area contributed by atoms with Gasteiger partial charge < -0.3 is 5.11 Å². The number of rotatable bonds is 3. The van der Waals surface area contributed by atoms with Crippen LogP contribution in [0.2, 0.25) is 0 Å². The van der Waals surface area contributed by atoms with E-state index in [1.54, 1.807) is 36.7 Å². The zero-order chi connectivity index (χ0) is 23.0. The lowest BCUT2D eigenvalue weighted by Crippen LogP contribution is -2.29. The standard InChI is InChI=1S/C27H26N2O3/c1-17-5-7-19(8-6-17)24(30)22-23(18-13-15-28-16-14-18)29(26(32)25(22)31)21-11-9-20(10-12-21)27(2,3)4/h5-16,23,30H,1-4H3/b24-22+. The molecule has 2 heterocycles. The normalized spacial score (nSPS) is 18.2. The Morgan fingerprint density at radius 1 is 0.906 bits per heavy atom. The van der Waals surface area contributed by atoms with Crippen molar-refractivity contribution < 1.29 is 14.7 Å². The molecule has 0 spiro atoms. The minimum atomic E-state index is -0.750. The third-order valence-corrected chi connectivity index (χ3v) is 5.80. The van der Waals surface area contributed by atoms with Gasteiger partial charge >= 0.3 is 0 Å². The van der Waals surface area contributed by atoms with Crippen molar-refractivity contribution in [3.8, 4) is 0 Å². The summed E-state index contributed by atoms with van der Waals surface area (Å²) in [6.45, 7) is 8.30. The van der Waals surface area contributed by atoms with Gasteiger partial charge in [0.15, 0.2) is 0 Å². The summed E-state index contributed by atoms with van der Waals surface area (Å²) in [5.74, 6) is -1.55. The van der Waals surface area contributed by atoms with Crippen molar-refractivity contribution in [2.24, 2.45) is 0 Å². The summed E-state index contributed by atoms with van der Waals surface area (Å²) in [6, 6.07) is 17.6. The van der Waals surface area contributed by atoms with Gasteiger partial charge in [0.25, 0.3) is 11.7 Å². The molecule has 2 aromatic carbocycles. The lowest BCUT2D eigenvalue weighted by molar-refractivity contribution is -0.132. The molecule has 5 heteroatoms. The number of Topliss-reactive ketones (excluding diaryl/α,β-unsaturated/α-hetero) is 1. The molecule has 1 N–H and O–H groups in total. The van der Waals surface area contributed by atoms with Crippen molar-refractivity contribution in [2.75, 3.05) is 4.90 Å². The third-order valence-electron chi connectivity index (χ3n) is 5.80. The zero-order valence-electron chi connectivity index (χ0n) is 18.7. The lowest BCUT2D eigenvalue weighted by Gasteiger charge is -2.26. The third kappa shape index (κ3) is 3.82. The largest absolute Gasteiger partial charge is 0.507 e. The van der Waals surface area contributed by atoms with Crippen LogP contribution in [0.3, 0.4) is 0 Å². The molecule has 0 aliphatic carbocycles. The second-order valence-electron chi connectivity index (χ2n) is 9.11. The van der Waals surface area contributed by atoms with Gasteiger partial charge in [0, 0.05) is 23.6 Å². The number of hydrogen-bond acceptors (Lipinski definition) is 4. The molecule has 1 aliphatic heterocycles. The second kappa shape index (κ2) is 8.08. The Kier molecular flexibility index (Phi) is 5.43. The van der Waals surface area contributed by atoms with Gasteiger partial charge in [-0.3, -0.25) is 19.5 Å². The fraction of sp³-hybridized carbons (Fsp3) is 0.222. The molecule has 1 aliphatic rings. The SMILES string of the molecule is Cc1ccc(/C(O)=C2\C(=O)C(=O)N(c3ccc(C(C)(C)C)cc3)C2c2ccncc2)cc1. The summed E-state index contributed by atoms with van der Waals surface area (Å²) in [7, 11) is 0. The zero-order valence-corrected chi connectivity index (χ0v) is 18.7. The topological polar surface area (TPSA) is 70.5 Å². The first-order valence-corrected chi connectivity index (χ1v) is 10.6. The van der Waals surface area contributed by atoms with E-state index >= 15 is 0 Å². The van der Waals surface area contributed by atoms with Crippen LogP contribution < -0.4 is 4.90 Å². The van der Waals surface area contributed by atoms with Crippen molar-refractivity contribution >= 4 is 23.1 Å². The minimum absolute atomic E-state index is 0.0390. The first-order chi connectivity index (χ1) is 15.2. The molecule has 4 rings (SSSR count). The van der Waals surface area contributed by atoms with E-state index in [0.717, 1.165) is 11.1 Å². The second-order valence-corrected chi connectivity index (χ2v) is 9.11. The number of aryl methyl sites for hydroxylation is 1. The molecule has 0 saturated carbocycles. The summed E-state index contributed by atoms with van der Waals surface area (Å²) >= 11 is 0. The molecule has 1 fully saturated rings. The number of amides is 1. The van der Waals surface area contributed by atoms with Crippen LogP contribution in [0.15, 0.2) is 78.6 Å². The highest BCUT2D eigenvalue weighted by molar-refractivity contribution is 6.51. The van der Waals surface area contributed by atoms with Gasteiger partial charge in [-0.2, -0.15) is 0 Å². The maximum absolute atomic E-state index is 13.2. The predicted molar refractivity (Wildman–Crippen MR) is 125 cm³/mol. The minimum Gasteiger partial charge on any atom is -0.507 e. The van der Waals surface area contributed by atoms with Crippen LogP contribution >= 0.6 is 0 Å². The Morgan fingerprint density at radius 3 is 2.06 bits per heavy atom. The fourth-order valence-corrected chi connectivity index (χ4v) is 3.95. The lowest BCUT2D eigenvalue weighted by atomic mass is 9.87. The predicted octanol–water partition coefficient (Wildman–Crippen LogP) is 5.31. The van der Waals surface area contributed by atoms with Crippen molar-refractivity contribution in [1.29, 1.82) is 0 Å². The van der Waals surface area contributed by atoms with Crippen LogP contribution in [0, 0.1) is 6.92 Å².